The number of pyridine rings is 1. The Hall–Kier alpha value is -3.40. The number of aromatic carboxylic acids is 1. The van der Waals surface area contributed by atoms with Crippen molar-refractivity contribution in [3.8, 4) is 0 Å². The van der Waals surface area contributed by atoms with Gasteiger partial charge in [-0.25, -0.2) is 18.2 Å². The molecule has 0 aliphatic rings. The molecule has 0 fully saturated rings. The minimum absolute atomic E-state index is 0.0840. The highest BCUT2D eigenvalue weighted by molar-refractivity contribution is 7.92. The summed E-state index contributed by atoms with van der Waals surface area (Å²) in [7, 11) is -2.10. The Morgan fingerprint density at radius 3 is 2.42 bits per heavy atom. The molecule has 3 aromatic rings. The standard InChI is InChI=1S/C23H29N5O4S/c1-6-28-17(4)20(16(3)25-28)11-12-27(5)22-21(23(29)30)13-18(14-24-22)26-33(31,32)19-9-7-15(2)8-10-19/h7-10,13-14,26H,6,11-12H2,1-5H3,(H,29,30). The highest BCUT2D eigenvalue weighted by Crippen LogP contribution is 2.24. The molecule has 2 aromatic heterocycles. The maximum Gasteiger partial charge on any atom is 0.339 e. The van der Waals surface area contributed by atoms with Crippen LogP contribution in [0, 0.1) is 20.8 Å². The first-order chi connectivity index (χ1) is 15.5. The van der Waals surface area contributed by atoms with Gasteiger partial charge in [0.2, 0.25) is 0 Å². The average Bonchev–Trinajstić information content (AvgIpc) is 3.04. The Labute approximate surface area is 194 Å². The van der Waals surface area contributed by atoms with Crippen molar-refractivity contribution < 1.29 is 18.3 Å². The van der Waals surface area contributed by atoms with Gasteiger partial charge in [0.1, 0.15) is 11.4 Å². The molecule has 176 valence electrons. The Kier molecular flexibility index (Phi) is 7.06. The molecule has 0 atom stereocenters. The fraction of sp³-hybridized carbons (Fsp3) is 0.348. The molecule has 0 amide bonds. The molecule has 0 bridgehead atoms. The van der Waals surface area contributed by atoms with E-state index in [4.69, 9.17) is 0 Å². The number of rotatable bonds is 9. The van der Waals surface area contributed by atoms with Crippen molar-refractivity contribution in [1.29, 1.82) is 0 Å². The maximum atomic E-state index is 12.7. The molecule has 10 heteroatoms. The van der Waals surface area contributed by atoms with Crippen molar-refractivity contribution >= 4 is 27.5 Å². The normalized spacial score (nSPS) is 11.4. The number of carboxylic acids is 1. The van der Waals surface area contributed by atoms with Gasteiger partial charge >= 0.3 is 5.97 Å². The smallest absolute Gasteiger partial charge is 0.339 e. The van der Waals surface area contributed by atoms with E-state index in [-0.39, 0.29) is 22.0 Å². The van der Waals surface area contributed by atoms with Gasteiger partial charge in [-0.2, -0.15) is 5.10 Å². The third-order valence-corrected chi connectivity index (χ3v) is 6.97. The fourth-order valence-electron chi connectivity index (χ4n) is 3.70. The molecule has 2 N–H and O–H groups in total. The predicted molar refractivity (Wildman–Crippen MR) is 128 cm³/mol. The molecular formula is C23H29N5O4S. The second kappa shape index (κ2) is 9.62. The molecule has 0 spiro atoms. The van der Waals surface area contributed by atoms with E-state index >= 15 is 0 Å². The van der Waals surface area contributed by atoms with Crippen molar-refractivity contribution in [1.82, 2.24) is 14.8 Å². The second-order valence-electron chi connectivity index (χ2n) is 7.96. The van der Waals surface area contributed by atoms with Crippen LogP contribution in [0.1, 0.15) is 39.8 Å². The van der Waals surface area contributed by atoms with E-state index in [1.807, 2.05) is 32.4 Å². The molecule has 1 aromatic carbocycles. The molecule has 0 saturated heterocycles. The highest BCUT2D eigenvalue weighted by atomic mass is 32.2. The lowest BCUT2D eigenvalue weighted by Gasteiger charge is -2.21. The summed E-state index contributed by atoms with van der Waals surface area (Å²) >= 11 is 0. The van der Waals surface area contributed by atoms with Crippen LogP contribution in [0.15, 0.2) is 41.4 Å². The molecule has 3 rings (SSSR count). The third-order valence-electron chi connectivity index (χ3n) is 5.57. The average molecular weight is 472 g/mol. The molecule has 33 heavy (non-hydrogen) atoms. The van der Waals surface area contributed by atoms with E-state index in [9.17, 15) is 18.3 Å². The number of hydrogen-bond donors (Lipinski definition) is 2. The van der Waals surface area contributed by atoms with Gasteiger partial charge in [-0.3, -0.25) is 9.40 Å². The van der Waals surface area contributed by atoms with Crippen LogP contribution < -0.4 is 9.62 Å². The number of sulfonamides is 1. The number of benzene rings is 1. The van der Waals surface area contributed by atoms with Gasteiger partial charge in [-0.05, 0) is 57.9 Å². The molecule has 9 nitrogen and oxygen atoms in total. The van der Waals surface area contributed by atoms with E-state index in [0.29, 0.717) is 13.0 Å². The number of hydrogen-bond acceptors (Lipinski definition) is 6. The van der Waals surface area contributed by atoms with Crippen LogP contribution in [0.5, 0.6) is 0 Å². The van der Waals surface area contributed by atoms with Crippen molar-refractivity contribution in [3.63, 3.8) is 0 Å². The molecule has 0 radical (unpaired) electrons. The zero-order chi connectivity index (χ0) is 24.3. The highest BCUT2D eigenvalue weighted by Gasteiger charge is 2.20. The lowest BCUT2D eigenvalue weighted by Crippen LogP contribution is -2.24. The number of aromatic nitrogens is 3. The zero-order valence-electron chi connectivity index (χ0n) is 19.5. The number of anilines is 2. The number of nitrogens with zero attached hydrogens (tertiary/aromatic N) is 4. The van der Waals surface area contributed by atoms with Crippen molar-refractivity contribution in [2.75, 3.05) is 23.2 Å². The van der Waals surface area contributed by atoms with Crippen LogP contribution in [0.2, 0.25) is 0 Å². The largest absolute Gasteiger partial charge is 0.478 e. The monoisotopic (exact) mass is 471 g/mol. The lowest BCUT2D eigenvalue weighted by atomic mass is 10.1. The molecule has 2 heterocycles. The summed E-state index contributed by atoms with van der Waals surface area (Å²) in [4.78, 5) is 18.0. The van der Waals surface area contributed by atoms with Gasteiger partial charge in [0.15, 0.2) is 0 Å². The molecule has 0 aliphatic carbocycles. The second-order valence-corrected chi connectivity index (χ2v) is 9.64. The van der Waals surface area contributed by atoms with Gasteiger partial charge in [-0.15, -0.1) is 0 Å². The van der Waals surface area contributed by atoms with Crippen LogP contribution in [0.4, 0.5) is 11.5 Å². The predicted octanol–water partition coefficient (Wildman–Crippen LogP) is 3.40. The summed E-state index contributed by atoms with van der Waals surface area (Å²) in [6, 6.07) is 7.67. The third kappa shape index (κ3) is 5.33. The topological polar surface area (TPSA) is 117 Å². The number of nitrogens with one attached hydrogen (secondary N) is 1. The Bertz CT molecular complexity index is 1270. The maximum absolute atomic E-state index is 12.7. The molecule has 0 aliphatic heterocycles. The van der Waals surface area contributed by atoms with Crippen LogP contribution in [-0.4, -0.2) is 47.9 Å². The van der Waals surface area contributed by atoms with Crippen LogP contribution >= 0.6 is 0 Å². The van der Waals surface area contributed by atoms with E-state index in [0.717, 1.165) is 29.1 Å². The van der Waals surface area contributed by atoms with Crippen LogP contribution in [0.3, 0.4) is 0 Å². The molecule has 0 unspecified atom stereocenters. The quantitative estimate of drug-likeness (QED) is 0.491. The summed E-state index contributed by atoms with van der Waals surface area (Å²) in [5.74, 6) is -0.925. The zero-order valence-corrected chi connectivity index (χ0v) is 20.3. The van der Waals surface area contributed by atoms with E-state index in [2.05, 4.69) is 14.8 Å². The minimum Gasteiger partial charge on any atom is -0.478 e. The minimum atomic E-state index is -3.87. The lowest BCUT2D eigenvalue weighted by molar-refractivity contribution is 0.0697. The van der Waals surface area contributed by atoms with Gasteiger partial charge in [-0.1, -0.05) is 17.7 Å². The van der Waals surface area contributed by atoms with Crippen LogP contribution in [0.25, 0.3) is 0 Å². The summed E-state index contributed by atoms with van der Waals surface area (Å²) in [6.07, 6.45) is 2.01. The van der Waals surface area contributed by atoms with Gasteiger partial charge < -0.3 is 10.0 Å². The number of aryl methyl sites for hydroxylation is 3. The van der Waals surface area contributed by atoms with E-state index < -0.39 is 16.0 Å². The van der Waals surface area contributed by atoms with Gasteiger partial charge in [0, 0.05) is 25.8 Å². The SMILES string of the molecule is CCn1nc(C)c(CCN(C)c2ncc(NS(=O)(=O)c3ccc(C)cc3)cc2C(=O)O)c1C. The number of carbonyl (C=O) groups is 1. The Morgan fingerprint density at radius 2 is 1.85 bits per heavy atom. The Balaban J connectivity index is 1.81. The van der Waals surface area contributed by atoms with Crippen molar-refractivity contribution in [3.05, 3.63) is 64.6 Å². The first kappa shape index (κ1) is 24.2. The fourth-order valence-corrected chi connectivity index (χ4v) is 4.73. The molecular weight excluding hydrogens is 442 g/mol. The van der Waals surface area contributed by atoms with Crippen LogP contribution in [-0.2, 0) is 23.0 Å². The van der Waals surface area contributed by atoms with Crippen molar-refractivity contribution in [2.24, 2.45) is 0 Å². The number of carboxylic acid groups (broad SMARTS) is 1. The summed E-state index contributed by atoms with van der Waals surface area (Å²) < 4.78 is 29.7. The van der Waals surface area contributed by atoms with Gasteiger partial charge in [0.05, 0.1) is 22.5 Å². The summed E-state index contributed by atoms with van der Waals surface area (Å²) in [6.45, 7) is 9.19. The molecule has 0 saturated carbocycles. The summed E-state index contributed by atoms with van der Waals surface area (Å²) in [5, 5.41) is 14.3. The first-order valence-electron chi connectivity index (χ1n) is 10.6. The van der Waals surface area contributed by atoms with E-state index in [1.165, 1.54) is 24.4 Å². The van der Waals surface area contributed by atoms with Gasteiger partial charge in [0.25, 0.3) is 10.0 Å². The first-order valence-corrected chi connectivity index (χ1v) is 12.1. The van der Waals surface area contributed by atoms with E-state index in [1.54, 1.807) is 24.1 Å². The van der Waals surface area contributed by atoms with Crippen molar-refractivity contribution in [2.45, 2.75) is 45.6 Å². The summed E-state index contributed by atoms with van der Waals surface area (Å²) in [5.41, 5.74) is 4.11. The number of likely N-dealkylation sites (N-methyl/N-ethyl adjacent to an activating group) is 1. The Morgan fingerprint density at radius 1 is 1.18 bits per heavy atom.